The van der Waals surface area contributed by atoms with E-state index >= 15 is 0 Å². The van der Waals surface area contributed by atoms with E-state index < -0.39 is 12.1 Å². The third-order valence-electron chi connectivity index (χ3n) is 6.21. The van der Waals surface area contributed by atoms with E-state index in [1.165, 1.54) is 5.56 Å². The van der Waals surface area contributed by atoms with Gasteiger partial charge in [-0.1, -0.05) is 69.3 Å². The van der Waals surface area contributed by atoms with Crippen molar-refractivity contribution in [2.75, 3.05) is 6.61 Å². The molecule has 1 saturated heterocycles. The minimum absolute atomic E-state index is 0.00701. The molecule has 3 rings (SSSR count). The van der Waals surface area contributed by atoms with Gasteiger partial charge in [0, 0.05) is 5.56 Å². The van der Waals surface area contributed by atoms with Crippen molar-refractivity contribution in [3.8, 4) is 0 Å². The zero-order chi connectivity index (χ0) is 23.8. The first-order valence-corrected chi connectivity index (χ1v) is 11.6. The van der Waals surface area contributed by atoms with E-state index in [2.05, 4.69) is 36.6 Å². The molecular weight excluding hydrogens is 416 g/mol. The number of amides is 2. The van der Waals surface area contributed by atoms with E-state index in [0.717, 1.165) is 12.8 Å². The number of Topliss-reactive ketones (excluding diaryl/α,β-unsaturated/α-hetero) is 1. The Morgan fingerprint density at radius 1 is 1.06 bits per heavy atom. The van der Waals surface area contributed by atoms with Gasteiger partial charge in [0.05, 0.1) is 6.10 Å². The van der Waals surface area contributed by atoms with Gasteiger partial charge in [-0.3, -0.25) is 14.4 Å². The number of hydrogen-bond acceptors (Lipinski definition) is 4. The molecule has 2 unspecified atom stereocenters. The molecule has 2 N–H and O–H groups in total. The zero-order valence-electron chi connectivity index (χ0n) is 19.7. The number of benzene rings is 2. The lowest BCUT2D eigenvalue weighted by Crippen LogP contribution is -2.54. The van der Waals surface area contributed by atoms with E-state index in [-0.39, 0.29) is 35.7 Å². The molecule has 1 aliphatic heterocycles. The highest BCUT2D eigenvalue weighted by atomic mass is 16.5. The van der Waals surface area contributed by atoms with Gasteiger partial charge in [-0.25, -0.2) is 0 Å². The van der Waals surface area contributed by atoms with E-state index in [9.17, 15) is 14.4 Å². The molecule has 2 amide bonds. The van der Waals surface area contributed by atoms with Gasteiger partial charge in [0.25, 0.3) is 5.91 Å². The number of ketones is 1. The predicted molar refractivity (Wildman–Crippen MR) is 128 cm³/mol. The van der Waals surface area contributed by atoms with Crippen molar-refractivity contribution >= 4 is 17.6 Å². The van der Waals surface area contributed by atoms with Crippen LogP contribution in [0.15, 0.2) is 60.7 Å². The third kappa shape index (κ3) is 6.99. The van der Waals surface area contributed by atoms with Crippen LogP contribution in [0.25, 0.3) is 0 Å². The summed E-state index contributed by atoms with van der Waals surface area (Å²) < 4.78 is 5.49. The first kappa shape index (κ1) is 24.6. The second-order valence-electron chi connectivity index (χ2n) is 9.46. The molecule has 0 spiro atoms. The summed E-state index contributed by atoms with van der Waals surface area (Å²) in [6.07, 6.45) is 2.47. The summed E-state index contributed by atoms with van der Waals surface area (Å²) in [5.74, 6) is -0.795. The van der Waals surface area contributed by atoms with Crippen LogP contribution in [0.4, 0.5) is 0 Å². The van der Waals surface area contributed by atoms with Gasteiger partial charge in [0.2, 0.25) is 5.91 Å². The lowest BCUT2D eigenvalue weighted by Gasteiger charge is -2.31. The first-order chi connectivity index (χ1) is 15.8. The third-order valence-corrected chi connectivity index (χ3v) is 6.21. The number of rotatable bonds is 10. The molecule has 1 aliphatic rings. The van der Waals surface area contributed by atoms with Crippen LogP contribution in [-0.2, 0) is 20.7 Å². The molecular formula is C27H34N2O4. The zero-order valence-corrected chi connectivity index (χ0v) is 19.7. The maximum atomic E-state index is 13.3. The average molecular weight is 451 g/mol. The van der Waals surface area contributed by atoms with Crippen molar-refractivity contribution < 1.29 is 19.1 Å². The summed E-state index contributed by atoms with van der Waals surface area (Å²) in [5, 5.41) is 5.76. The van der Waals surface area contributed by atoms with Crippen LogP contribution in [-0.4, -0.2) is 42.4 Å². The van der Waals surface area contributed by atoms with Crippen LogP contribution in [0, 0.1) is 5.41 Å². The Morgan fingerprint density at radius 2 is 1.70 bits per heavy atom. The number of nitrogens with one attached hydrogen (secondary N) is 2. The summed E-state index contributed by atoms with van der Waals surface area (Å²) >= 11 is 0. The van der Waals surface area contributed by atoms with Gasteiger partial charge < -0.3 is 15.4 Å². The van der Waals surface area contributed by atoms with Gasteiger partial charge in [-0.2, -0.15) is 0 Å². The molecule has 6 heteroatoms. The highest BCUT2D eigenvalue weighted by Crippen LogP contribution is 2.29. The molecule has 1 fully saturated rings. The van der Waals surface area contributed by atoms with Crippen molar-refractivity contribution in [2.45, 2.75) is 64.6 Å². The molecule has 176 valence electrons. The fourth-order valence-corrected chi connectivity index (χ4v) is 4.19. The topological polar surface area (TPSA) is 84.5 Å². The minimum Gasteiger partial charge on any atom is -0.368 e. The smallest absolute Gasteiger partial charge is 0.251 e. The maximum absolute atomic E-state index is 13.3. The van der Waals surface area contributed by atoms with Crippen molar-refractivity contribution in [3.05, 3.63) is 71.8 Å². The van der Waals surface area contributed by atoms with Crippen LogP contribution >= 0.6 is 0 Å². The Morgan fingerprint density at radius 3 is 2.33 bits per heavy atom. The number of hydrogen-bond donors (Lipinski definition) is 2. The Balaban J connectivity index is 1.73. The van der Waals surface area contributed by atoms with E-state index in [1.54, 1.807) is 24.3 Å². The lowest BCUT2D eigenvalue weighted by atomic mass is 9.80. The molecule has 0 radical (unpaired) electrons. The molecule has 6 nitrogen and oxygen atoms in total. The van der Waals surface area contributed by atoms with Crippen LogP contribution in [0.1, 0.15) is 56.0 Å². The monoisotopic (exact) mass is 450 g/mol. The predicted octanol–water partition coefficient (Wildman–Crippen LogP) is 3.70. The molecule has 2 aromatic rings. The van der Waals surface area contributed by atoms with Gasteiger partial charge >= 0.3 is 0 Å². The van der Waals surface area contributed by atoms with Gasteiger partial charge in [0.15, 0.2) is 5.78 Å². The lowest BCUT2D eigenvalue weighted by molar-refractivity contribution is -0.128. The number of ether oxygens (including phenoxy) is 1. The van der Waals surface area contributed by atoms with Gasteiger partial charge in [-0.05, 0) is 48.8 Å². The van der Waals surface area contributed by atoms with E-state index in [0.29, 0.717) is 18.4 Å². The Bertz CT molecular complexity index is 943. The molecule has 2 aromatic carbocycles. The summed E-state index contributed by atoms with van der Waals surface area (Å²) in [6, 6.07) is 17.6. The SMILES string of the molecule is CCC1OCC(=O)C1NC(=O)[C@H](CC(C)(C)CCc1ccccc1)NC(=O)c1ccccc1. The second kappa shape index (κ2) is 11.2. The van der Waals surface area contributed by atoms with Crippen molar-refractivity contribution in [1.29, 1.82) is 0 Å². The summed E-state index contributed by atoms with van der Waals surface area (Å²) in [5.41, 5.74) is 1.51. The first-order valence-electron chi connectivity index (χ1n) is 11.6. The second-order valence-corrected chi connectivity index (χ2v) is 9.46. The summed E-state index contributed by atoms with van der Waals surface area (Å²) in [4.78, 5) is 38.4. The van der Waals surface area contributed by atoms with E-state index in [4.69, 9.17) is 4.74 Å². The molecule has 3 atom stereocenters. The number of carbonyl (C=O) groups excluding carboxylic acids is 3. The van der Waals surface area contributed by atoms with Crippen LogP contribution < -0.4 is 10.6 Å². The number of aryl methyl sites for hydroxylation is 1. The van der Waals surface area contributed by atoms with E-state index in [1.807, 2.05) is 31.2 Å². The van der Waals surface area contributed by atoms with Crippen LogP contribution in [0.5, 0.6) is 0 Å². The minimum atomic E-state index is -0.769. The largest absolute Gasteiger partial charge is 0.368 e. The van der Waals surface area contributed by atoms with Crippen LogP contribution in [0.2, 0.25) is 0 Å². The fraction of sp³-hybridized carbons (Fsp3) is 0.444. The normalized spacial score (nSPS) is 19.2. The number of carbonyl (C=O) groups is 3. The van der Waals surface area contributed by atoms with Crippen molar-refractivity contribution in [3.63, 3.8) is 0 Å². The molecule has 0 saturated carbocycles. The standard InChI is InChI=1S/C27H34N2O4/c1-4-23-24(22(30)18-33-23)29-26(32)21(28-25(31)20-13-9-6-10-14-20)17-27(2,3)16-15-19-11-7-5-8-12-19/h5-14,21,23-24H,4,15-18H2,1-3H3,(H,28,31)(H,29,32)/t21-,23?,24?/m0/s1. The molecule has 0 aliphatic carbocycles. The highest BCUT2D eigenvalue weighted by molar-refractivity contribution is 5.99. The summed E-state index contributed by atoms with van der Waals surface area (Å²) in [6.45, 7) is 6.13. The Labute approximate surface area is 196 Å². The van der Waals surface area contributed by atoms with Crippen molar-refractivity contribution in [2.24, 2.45) is 5.41 Å². The highest BCUT2D eigenvalue weighted by Gasteiger charge is 2.38. The van der Waals surface area contributed by atoms with Crippen molar-refractivity contribution in [1.82, 2.24) is 10.6 Å². The molecule has 33 heavy (non-hydrogen) atoms. The molecule has 0 bridgehead atoms. The molecule has 0 aromatic heterocycles. The van der Waals surface area contributed by atoms with Gasteiger partial charge in [0.1, 0.15) is 18.7 Å². The molecule has 1 heterocycles. The van der Waals surface area contributed by atoms with Crippen LogP contribution in [0.3, 0.4) is 0 Å². The van der Waals surface area contributed by atoms with Gasteiger partial charge in [-0.15, -0.1) is 0 Å². The Kier molecular flexibility index (Phi) is 8.39. The quantitative estimate of drug-likeness (QED) is 0.578. The maximum Gasteiger partial charge on any atom is 0.251 e. The average Bonchev–Trinajstić information content (AvgIpc) is 3.17. The fourth-order valence-electron chi connectivity index (χ4n) is 4.19. The summed E-state index contributed by atoms with van der Waals surface area (Å²) in [7, 11) is 0. The Hall–Kier alpha value is -2.99.